The van der Waals surface area contributed by atoms with E-state index in [0.717, 1.165) is 16.9 Å². The summed E-state index contributed by atoms with van der Waals surface area (Å²) >= 11 is 5.81. The normalized spacial score (nSPS) is 10.3. The van der Waals surface area contributed by atoms with E-state index in [-0.39, 0.29) is 5.78 Å². The average Bonchev–Trinajstić information content (AvgIpc) is 2.39. The maximum Gasteiger partial charge on any atom is 0.167 e. The van der Waals surface area contributed by atoms with Gasteiger partial charge in [-0.3, -0.25) is 4.79 Å². The fraction of sp³-hybridized carbons (Fsp3) is 0.188. The predicted molar refractivity (Wildman–Crippen MR) is 77.2 cm³/mol. The van der Waals surface area contributed by atoms with Crippen molar-refractivity contribution in [2.24, 2.45) is 0 Å². The molecule has 19 heavy (non-hydrogen) atoms. The first-order chi connectivity index (χ1) is 9.10. The summed E-state index contributed by atoms with van der Waals surface area (Å²) in [4.78, 5) is 12.2. The molecule has 0 atom stereocenters. The Morgan fingerprint density at radius 2 is 1.84 bits per heavy atom. The number of ether oxygens (including phenoxy) is 1. The average molecular weight is 275 g/mol. The molecule has 0 N–H and O–H groups in total. The maximum atomic E-state index is 12.2. The van der Waals surface area contributed by atoms with E-state index < -0.39 is 0 Å². The number of hydrogen-bond donors (Lipinski definition) is 0. The molecule has 0 aliphatic heterocycles. The van der Waals surface area contributed by atoms with Crippen LogP contribution in [0.2, 0.25) is 5.02 Å². The molecule has 0 aliphatic rings. The van der Waals surface area contributed by atoms with Crippen molar-refractivity contribution in [2.75, 3.05) is 7.11 Å². The Hall–Kier alpha value is -1.80. The monoisotopic (exact) mass is 274 g/mol. The van der Waals surface area contributed by atoms with E-state index in [9.17, 15) is 4.79 Å². The van der Waals surface area contributed by atoms with Crippen LogP contribution in [0.4, 0.5) is 0 Å². The number of carbonyl (C=O) groups excluding carboxylic acids is 1. The van der Waals surface area contributed by atoms with Gasteiger partial charge < -0.3 is 4.74 Å². The van der Waals surface area contributed by atoms with Gasteiger partial charge in [0, 0.05) is 22.6 Å². The second-order valence-electron chi connectivity index (χ2n) is 4.42. The van der Waals surface area contributed by atoms with Gasteiger partial charge in [0.05, 0.1) is 7.11 Å². The number of carbonyl (C=O) groups is 1. The zero-order valence-corrected chi connectivity index (χ0v) is 11.7. The van der Waals surface area contributed by atoms with Crippen LogP contribution in [-0.2, 0) is 6.42 Å². The molecule has 0 bridgehead atoms. The van der Waals surface area contributed by atoms with Gasteiger partial charge in [0.15, 0.2) is 5.78 Å². The van der Waals surface area contributed by atoms with Gasteiger partial charge in [-0.2, -0.15) is 0 Å². The minimum atomic E-state index is 0.0561. The van der Waals surface area contributed by atoms with Crippen molar-refractivity contribution in [3.8, 4) is 5.75 Å². The Bertz CT molecular complexity index is 588. The Kier molecular flexibility index (Phi) is 4.23. The number of halogens is 1. The molecule has 0 saturated heterocycles. The highest BCUT2D eigenvalue weighted by molar-refractivity contribution is 6.30. The minimum absolute atomic E-state index is 0.0561. The molecule has 0 unspecified atom stereocenters. The van der Waals surface area contributed by atoms with Crippen molar-refractivity contribution >= 4 is 17.4 Å². The summed E-state index contributed by atoms with van der Waals surface area (Å²) in [7, 11) is 1.61. The topological polar surface area (TPSA) is 26.3 Å². The molecule has 0 aromatic heterocycles. The van der Waals surface area contributed by atoms with Crippen molar-refractivity contribution in [3.05, 3.63) is 64.2 Å². The molecule has 2 rings (SSSR count). The van der Waals surface area contributed by atoms with Crippen molar-refractivity contribution in [2.45, 2.75) is 13.3 Å². The number of Topliss-reactive ketones (excluding diaryl/α,β-unsaturated/α-hetero) is 1. The first-order valence-electron chi connectivity index (χ1n) is 6.02. The van der Waals surface area contributed by atoms with E-state index in [1.807, 2.05) is 25.1 Å². The molecule has 0 saturated carbocycles. The van der Waals surface area contributed by atoms with Crippen LogP contribution in [0.25, 0.3) is 0 Å². The largest absolute Gasteiger partial charge is 0.496 e. The van der Waals surface area contributed by atoms with Gasteiger partial charge in [-0.05, 0) is 37.3 Å². The summed E-state index contributed by atoms with van der Waals surface area (Å²) in [6.07, 6.45) is 0.326. The molecule has 98 valence electrons. The molecular weight excluding hydrogens is 260 g/mol. The van der Waals surface area contributed by atoms with Crippen molar-refractivity contribution in [3.63, 3.8) is 0 Å². The molecule has 0 fully saturated rings. The van der Waals surface area contributed by atoms with Gasteiger partial charge in [0.25, 0.3) is 0 Å². The molecule has 0 amide bonds. The van der Waals surface area contributed by atoms with Gasteiger partial charge in [-0.1, -0.05) is 29.3 Å². The van der Waals surface area contributed by atoms with Crippen molar-refractivity contribution in [1.29, 1.82) is 0 Å². The van der Waals surface area contributed by atoms with Crippen LogP contribution in [0, 0.1) is 6.92 Å². The highest BCUT2D eigenvalue weighted by Gasteiger charge is 2.11. The van der Waals surface area contributed by atoms with E-state index in [2.05, 4.69) is 0 Å². The van der Waals surface area contributed by atoms with Gasteiger partial charge in [-0.25, -0.2) is 0 Å². The number of aryl methyl sites for hydroxylation is 1. The molecular formula is C16H15ClO2. The van der Waals surface area contributed by atoms with Crippen LogP contribution < -0.4 is 4.74 Å². The molecule has 2 aromatic rings. The SMILES string of the molecule is COc1ccc(C)cc1CC(=O)c1ccc(Cl)cc1. The van der Waals surface area contributed by atoms with Crippen molar-refractivity contribution < 1.29 is 9.53 Å². The summed E-state index contributed by atoms with van der Waals surface area (Å²) in [5.41, 5.74) is 2.68. The molecule has 0 aliphatic carbocycles. The summed E-state index contributed by atoms with van der Waals surface area (Å²) in [5, 5.41) is 0.629. The fourth-order valence-electron chi connectivity index (χ4n) is 1.96. The lowest BCUT2D eigenvalue weighted by molar-refractivity contribution is 0.0992. The van der Waals surface area contributed by atoms with Crippen LogP contribution in [-0.4, -0.2) is 12.9 Å². The molecule has 0 radical (unpaired) electrons. The van der Waals surface area contributed by atoms with E-state index >= 15 is 0 Å². The zero-order chi connectivity index (χ0) is 13.8. The lowest BCUT2D eigenvalue weighted by Gasteiger charge is -2.09. The fourth-order valence-corrected chi connectivity index (χ4v) is 2.08. The van der Waals surface area contributed by atoms with Crippen LogP contribution in [0.15, 0.2) is 42.5 Å². The van der Waals surface area contributed by atoms with E-state index in [1.165, 1.54) is 0 Å². The Morgan fingerprint density at radius 3 is 2.47 bits per heavy atom. The number of hydrogen-bond acceptors (Lipinski definition) is 2. The number of methoxy groups -OCH3 is 1. The standard InChI is InChI=1S/C16H15ClO2/c1-11-3-8-16(19-2)13(9-11)10-15(18)12-4-6-14(17)7-5-12/h3-9H,10H2,1-2H3. The second kappa shape index (κ2) is 5.89. The van der Waals surface area contributed by atoms with E-state index in [4.69, 9.17) is 16.3 Å². The quantitative estimate of drug-likeness (QED) is 0.785. The van der Waals surface area contributed by atoms with Crippen LogP contribution in [0.1, 0.15) is 21.5 Å². The van der Waals surface area contributed by atoms with Crippen LogP contribution in [0.5, 0.6) is 5.75 Å². The first kappa shape index (κ1) is 13.6. The zero-order valence-electron chi connectivity index (χ0n) is 10.9. The number of ketones is 1. The summed E-state index contributed by atoms with van der Waals surface area (Å²) in [6, 6.07) is 12.8. The molecule has 3 heteroatoms. The highest BCUT2D eigenvalue weighted by atomic mass is 35.5. The Labute approximate surface area is 118 Å². The molecule has 2 aromatic carbocycles. The third-order valence-corrected chi connectivity index (χ3v) is 3.21. The minimum Gasteiger partial charge on any atom is -0.496 e. The van der Waals surface area contributed by atoms with Gasteiger partial charge in [0.1, 0.15) is 5.75 Å². The lowest BCUT2D eigenvalue weighted by atomic mass is 10.0. The third kappa shape index (κ3) is 3.36. The van der Waals surface area contributed by atoms with Crippen molar-refractivity contribution in [1.82, 2.24) is 0 Å². The maximum absolute atomic E-state index is 12.2. The predicted octanol–water partition coefficient (Wildman–Crippen LogP) is 4.08. The third-order valence-electron chi connectivity index (χ3n) is 2.95. The highest BCUT2D eigenvalue weighted by Crippen LogP contribution is 2.22. The summed E-state index contributed by atoms with van der Waals surface area (Å²) in [5.74, 6) is 0.800. The van der Waals surface area contributed by atoms with Crippen LogP contribution >= 0.6 is 11.6 Å². The van der Waals surface area contributed by atoms with Crippen LogP contribution in [0.3, 0.4) is 0 Å². The van der Waals surface area contributed by atoms with Gasteiger partial charge in [0.2, 0.25) is 0 Å². The molecule has 0 heterocycles. The Morgan fingerprint density at radius 1 is 1.16 bits per heavy atom. The summed E-state index contributed by atoms with van der Waals surface area (Å²) in [6.45, 7) is 2.00. The van der Waals surface area contributed by atoms with E-state index in [0.29, 0.717) is 17.0 Å². The smallest absolute Gasteiger partial charge is 0.167 e. The number of rotatable bonds is 4. The van der Waals surface area contributed by atoms with Gasteiger partial charge in [-0.15, -0.1) is 0 Å². The lowest BCUT2D eigenvalue weighted by Crippen LogP contribution is -2.05. The second-order valence-corrected chi connectivity index (χ2v) is 4.86. The summed E-state index contributed by atoms with van der Waals surface area (Å²) < 4.78 is 5.28. The van der Waals surface area contributed by atoms with E-state index in [1.54, 1.807) is 31.4 Å². The molecule has 2 nitrogen and oxygen atoms in total. The number of benzene rings is 2. The molecule has 0 spiro atoms. The first-order valence-corrected chi connectivity index (χ1v) is 6.40. The van der Waals surface area contributed by atoms with Gasteiger partial charge >= 0.3 is 0 Å². The Balaban J connectivity index is 2.23.